The van der Waals surface area contributed by atoms with Crippen LogP contribution in [0.25, 0.3) is 0 Å². The summed E-state index contributed by atoms with van der Waals surface area (Å²) in [6.45, 7) is 2.16. The summed E-state index contributed by atoms with van der Waals surface area (Å²) in [5.74, 6) is 0. The molecule has 1 aromatic carbocycles. The summed E-state index contributed by atoms with van der Waals surface area (Å²) in [5, 5.41) is 0. The largest absolute Gasteiger partial charge is 0.0622 e. The zero-order chi connectivity index (χ0) is 5.82. The van der Waals surface area contributed by atoms with Crippen molar-refractivity contribution in [3.63, 3.8) is 0 Å². The standard InChI is InChI=1S/C8H10.V/c1-2-8-6-4-3-5-7-8;/h3-7H,2H2,1H3;. The number of hydrogen-bond acceptors (Lipinski definition) is 0. The van der Waals surface area contributed by atoms with Crippen molar-refractivity contribution in [3.05, 3.63) is 35.9 Å². The Hall–Kier alpha value is -0.196. The Morgan fingerprint density at radius 3 is 2.00 bits per heavy atom. The molecule has 0 N–H and O–H groups in total. The van der Waals surface area contributed by atoms with Crippen LogP contribution < -0.4 is 0 Å². The SMILES string of the molecule is CCc1ccccc1.[V]. The van der Waals surface area contributed by atoms with Crippen molar-refractivity contribution in [1.29, 1.82) is 0 Å². The van der Waals surface area contributed by atoms with Crippen LogP contribution >= 0.6 is 0 Å². The fourth-order valence-electron chi connectivity index (χ4n) is 0.714. The predicted molar refractivity (Wildman–Crippen MR) is 35.8 cm³/mol. The van der Waals surface area contributed by atoms with Gasteiger partial charge < -0.3 is 0 Å². The molecule has 0 amide bonds. The Bertz CT molecular complexity index is 146. The van der Waals surface area contributed by atoms with Crippen LogP contribution in [-0.2, 0) is 25.0 Å². The van der Waals surface area contributed by atoms with Crippen LogP contribution in [0.1, 0.15) is 12.5 Å². The van der Waals surface area contributed by atoms with Crippen LogP contribution in [0, 0.1) is 0 Å². The Morgan fingerprint density at radius 1 is 1.11 bits per heavy atom. The van der Waals surface area contributed by atoms with Gasteiger partial charge in [0.05, 0.1) is 0 Å². The van der Waals surface area contributed by atoms with E-state index < -0.39 is 0 Å². The molecule has 0 unspecified atom stereocenters. The molecule has 0 fully saturated rings. The summed E-state index contributed by atoms with van der Waals surface area (Å²) in [4.78, 5) is 0. The molecule has 0 heterocycles. The van der Waals surface area contributed by atoms with Gasteiger partial charge in [0.15, 0.2) is 0 Å². The molecule has 1 heteroatoms. The zero-order valence-corrected chi connectivity index (χ0v) is 6.94. The van der Waals surface area contributed by atoms with Crippen LogP contribution in [-0.4, -0.2) is 0 Å². The molecule has 0 bridgehead atoms. The van der Waals surface area contributed by atoms with Crippen LogP contribution in [0.3, 0.4) is 0 Å². The number of rotatable bonds is 1. The van der Waals surface area contributed by atoms with E-state index in [1.807, 2.05) is 6.07 Å². The molecular formula is C8H10V. The van der Waals surface area contributed by atoms with Crippen molar-refractivity contribution in [3.8, 4) is 0 Å². The fraction of sp³-hybridized carbons (Fsp3) is 0.250. The molecule has 0 saturated carbocycles. The van der Waals surface area contributed by atoms with E-state index in [2.05, 4.69) is 31.2 Å². The third-order valence-electron chi connectivity index (χ3n) is 1.25. The molecule has 0 aliphatic rings. The van der Waals surface area contributed by atoms with Gasteiger partial charge in [-0.25, -0.2) is 0 Å². The van der Waals surface area contributed by atoms with Gasteiger partial charge in [-0.2, -0.15) is 0 Å². The van der Waals surface area contributed by atoms with E-state index in [1.54, 1.807) is 0 Å². The second-order valence-corrected chi connectivity index (χ2v) is 1.84. The second kappa shape index (κ2) is 4.66. The van der Waals surface area contributed by atoms with Crippen LogP contribution in [0.5, 0.6) is 0 Å². The Balaban J connectivity index is 0.000000640. The van der Waals surface area contributed by atoms with Gasteiger partial charge in [0.2, 0.25) is 0 Å². The van der Waals surface area contributed by atoms with Gasteiger partial charge >= 0.3 is 0 Å². The summed E-state index contributed by atoms with van der Waals surface area (Å²) >= 11 is 0. The van der Waals surface area contributed by atoms with Crippen molar-refractivity contribution in [1.82, 2.24) is 0 Å². The van der Waals surface area contributed by atoms with E-state index in [1.165, 1.54) is 5.56 Å². The molecule has 0 spiro atoms. The first-order valence-electron chi connectivity index (χ1n) is 2.97. The molecule has 0 saturated heterocycles. The third kappa shape index (κ3) is 2.74. The average Bonchev–Trinajstić information content (AvgIpc) is 1.90. The molecule has 1 rings (SSSR count). The van der Waals surface area contributed by atoms with Crippen molar-refractivity contribution in [2.24, 2.45) is 0 Å². The number of hydrogen-bond donors (Lipinski definition) is 0. The monoisotopic (exact) mass is 157 g/mol. The summed E-state index contributed by atoms with van der Waals surface area (Å²) in [5.41, 5.74) is 1.41. The van der Waals surface area contributed by atoms with E-state index in [9.17, 15) is 0 Å². The van der Waals surface area contributed by atoms with Crippen molar-refractivity contribution in [2.75, 3.05) is 0 Å². The molecule has 1 aromatic rings. The molecule has 47 valence electrons. The van der Waals surface area contributed by atoms with Crippen molar-refractivity contribution < 1.29 is 18.6 Å². The quantitative estimate of drug-likeness (QED) is 0.586. The molecule has 1 radical (unpaired) electrons. The van der Waals surface area contributed by atoms with Crippen molar-refractivity contribution in [2.45, 2.75) is 13.3 Å². The van der Waals surface area contributed by atoms with E-state index in [0.29, 0.717) is 0 Å². The normalized spacial score (nSPS) is 8.11. The van der Waals surface area contributed by atoms with Gasteiger partial charge in [0.1, 0.15) is 0 Å². The van der Waals surface area contributed by atoms with Crippen LogP contribution in [0.2, 0.25) is 0 Å². The van der Waals surface area contributed by atoms with E-state index in [-0.39, 0.29) is 18.6 Å². The number of aryl methyl sites for hydroxylation is 1. The van der Waals surface area contributed by atoms with Crippen LogP contribution in [0.15, 0.2) is 30.3 Å². The molecular weight excluding hydrogens is 147 g/mol. The minimum atomic E-state index is 0. The Kier molecular flexibility index (Phi) is 4.56. The van der Waals surface area contributed by atoms with Crippen molar-refractivity contribution >= 4 is 0 Å². The first-order chi connectivity index (χ1) is 3.93. The summed E-state index contributed by atoms with van der Waals surface area (Å²) < 4.78 is 0. The fourth-order valence-corrected chi connectivity index (χ4v) is 0.714. The third-order valence-corrected chi connectivity index (χ3v) is 1.25. The van der Waals surface area contributed by atoms with Gasteiger partial charge in [-0.1, -0.05) is 37.3 Å². The number of benzene rings is 1. The topological polar surface area (TPSA) is 0 Å². The van der Waals surface area contributed by atoms with E-state index in [0.717, 1.165) is 6.42 Å². The molecule has 0 atom stereocenters. The van der Waals surface area contributed by atoms with Gasteiger partial charge in [-0.15, -0.1) is 0 Å². The Morgan fingerprint density at radius 2 is 1.67 bits per heavy atom. The summed E-state index contributed by atoms with van der Waals surface area (Å²) in [6.07, 6.45) is 1.14. The first-order valence-corrected chi connectivity index (χ1v) is 2.97. The molecule has 0 aliphatic carbocycles. The van der Waals surface area contributed by atoms with E-state index >= 15 is 0 Å². The van der Waals surface area contributed by atoms with Crippen LogP contribution in [0.4, 0.5) is 0 Å². The first kappa shape index (κ1) is 8.80. The maximum atomic E-state index is 2.16. The van der Waals surface area contributed by atoms with Gasteiger partial charge in [0, 0.05) is 18.6 Å². The molecule has 9 heavy (non-hydrogen) atoms. The minimum absolute atomic E-state index is 0. The zero-order valence-electron chi connectivity index (χ0n) is 5.54. The molecule has 0 nitrogen and oxygen atoms in total. The smallest absolute Gasteiger partial charge is 0 e. The predicted octanol–water partition coefficient (Wildman–Crippen LogP) is 2.25. The maximum Gasteiger partial charge on any atom is 0 e. The van der Waals surface area contributed by atoms with Gasteiger partial charge in [0.25, 0.3) is 0 Å². The molecule has 0 aromatic heterocycles. The van der Waals surface area contributed by atoms with Gasteiger partial charge in [-0.05, 0) is 12.0 Å². The minimum Gasteiger partial charge on any atom is -0.0622 e. The summed E-state index contributed by atoms with van der Waals surface area (Å²) in [7, 11) is 0. The average molecular weight is 157 g/mol. The maximum absolute atomic E-state index is 2.16. The van der Waals surface area contributed by atoms with E-state index in [4.69, 9.17) is 0 Å². The second-order valence-electron chi connectivity index (χ2n) is 1.84. The Labute approximate surface area is 68.2 Å². The van der Waals surface area contributed by atoms with Gasteiger partial charge in [-0.3, -0.25) is 0 Å². The molecule has 0 aliphatic heterocycles. The summed E-state index contributed by atoms with van der Waals surface area (Å²) in [6, 6.07) is 10.5.